The van der Waals surface area contributed by atoms with Gasteiger partial charge >= 0.3 is 0 Å². The quantitative estimate of drug-likeness (QED) is 0.785. The molecule has 23 heavy (non-hydrogen) atoms. The Hall–Kier alpha value is -1.71. The molecule has 0 bridgehead atoms. The lowest BCUT2D eigenvalue weighted by atomic mass is 9.87. The molecular formula is C18H20Cl2N2O. The summed E-state index contributed by atoms with van der Waals surface area (Å²) in [6.07, 6.45) is 3.02. The lowest BCUT2D eigenvalue weighted by Gasteiger charge is -2.26. The van der Waals surface area contributed by atoms with Crippen LogP contribution >= 0.6 is 24.0 Å². The molecule has 0 heterocycles. The van der Waals surface area contributed by atoms with Gasteiger partial charge < -0.3 is 11.1 Å². The molecule has 3 N–H and O–H groups in total. The van der Waals surface area contributed by atoms with E-state index in [4.69, 9.17) is 17.3 Å². The maximum atomic E-state index is 12.5. The normalized spacial score (nSPS) is 16.2. The zero-order valence-corrected chi connectivity index (χ0v) is 14.5. The van der Waals surface area contributed by atoms with Crippen LogP contribution < -0.4 is 11.1 Å². The molecule has 0 fully saturated rings. The van der Waals surface area contributed by atoms with Crippen LogP contribution in [0, 0.1) is 6.92 Å². The summed E-state index contributed by atoms with van der Waals surface area (Å²) in [5.41, 5.74) is 10.6. The Morgan fingerprint density at radius 1 is 1.26 bits per heavy atom. The maximum Gasteiger partial charge on any atom is 0.251 e. The van der Waals surface area contributed by atoms with E-state index in [9.17, 15) is 4.79 Å². The number of carbonyl (C=O) groups is 1. The average molecular weight is 351 g/mol. The average Bonchev–Trinajstić information content (AvgIpc) is 2.46. The van der Waals surface area contributed by atoms with Crippen molar-refractivity contribution in [3.05, 3.63) is 63.7 Å². The third kappa shape index (κ3) is 3.98. The molecule has 0 saturated carbocycles. The van der Waals surface area contributed by atoms with Crippen LogP contribution in [-0.2, 0) is 6.42 Å². The number of fused-ring (bicyclic) bond motifs is 1. The number of nitrogens with one attached hydrogen (secondary N) is 1. The summed E-state index contributed by atoms with van der Waals surface area (Å²) in [4.78, 5) is 12.5. The predicted molar refractivity (Wildman–Crippen MR) is 97.4 cm³/mol. The van der Waals surface area contributed by atoms with E-state index in [1.165, 1.54) is 11.1 Å². The summed E-state index contributed by atoms with van der Waals surface area (Å²) in [6.45, 7) is 1.93. The molecule has 3 rings (SSSR count). The molecule has 1 atom stereocenters. The number of hydrogen-bond acceptors (Lipinski definition) is 2. The van der Waals surface area contributed by atoms with Gasteiger partial charge in [-0.3, -0.25) is 4.79 Å². The van der Waals surface area contributed by atoms with E-state index in [-0.39, 0.29) is 24.4 Å². The molecule has 0 saturated heterocycles. The highest BCUT2D eigenvalue weighted by Crippen LogP contribution is 2.31. The van der Waals surface area contributed by atoms with Crippen molar-refractivity contribution in [1.82, 2.24) is 5.32 Å². The molecule has 1 unspecified atom stereocenters. The Morgan fingerprint density at radius 3 is 2.78 bits per heavy atom. The molecule has 2 aromatic carbocycles. The lowest BCUT2D eigenvalue weighted by Crippen LogP contribution is -2.31. The van der Waals surface area contributed by atoms with Crippen LogP contribution in [0.4, 0.5) is 5.69 Å². The summed E-state index contributed by atoms with van der Waals surface area (Å²) in [5, 5.41) is 3.71. The number of aryl methyl sites for hydroxylation is 2. The van der Waals surface area contributed by atoms with Gasteiger partial charge in [0.2, 0.25) is 0 Å². The van der Waals surface area contributed by atoms with Gasteiger partial charge in [-0.25, -0.2) is 0 Å². The Bertz CT molecular complexity index is 711. The van der Waals surface area contributed by atoms with Crippen LogP contribution in [-0.4, -0.2) is 5.91 Å². The SMILES string of the molecule is Cc1cc(Cl)cc(C(=O)NC2CCCc3cc(N)ccc32)c1.Cl. The van der Waals surface area contributed by atoms with Crippen molar-refractivity contribution in [2.24, 2.45) is 0 Å². The number of nitrogens with two attached hydrogens (primary N) is 1. The van der Waals surface area contributed by atoms with Crippen molar-refractivity contribution in [2.75, 3.05) is 5.73 Å². The number of halogens is 2. The topological polar surface area (TPSA) is 55.1 Å². The summed E-state index contributed by atoms with van der Waals surface area (Å²) in [5.74, 6) is -0.0831. The highest BCUT2D eigenvalue weighted by Gasteiger charge is 2.22. The first kappa shape index (κ1) is 17.6. The number of rotatable bonds is 2. The van der Waals surface area contributed by atoms with Gasteiger partial charge in [0.15, 0.2) is 0 Å². The minimum Gasteiger partial charge on any atom is -0.399 e. The van der Waals surface area contributed by atoms with E-state index in [1.807, 2.05) is 37.3 Å². The molecule has 3 nitrogen and oxygen atoms in total. The predicted octanol–water partition coefficient (Wildman–Crippen LogP) is 4.46. The van der Waals surface area contributed by atoms with Crippen LogP contribution in [0.15, 0.2) is 36.4 Å². The second-order valence-electron chi connectivity index (χ2n) is 5.89. The van der Waals surface area contributed by atoms with Crippen LogP contribution in [0.5, 0.6) is 0 Å². The van der Waals surface area contributed by atoms with Crippen molar-refractivity contribution in [3.63, 3.8) is 0 Å². The fraction of sp³-hybridized carbons (Fsp3) is 0.278. The van der Waals surface area contributed by atoms with Gasteiger partial charge in [-0.15, -0.1) is 12.4 Å². The minimum absolute atomic E-state index is 0. The first-order chi connectivity index (χ1) is 10.5. The molecule has 122 valence electrons. The zero-order chi connectivity index (χ0) is 15.7. The molecule has 0 spiro atoms. The molecule has 0 radical (unpaired) electrons. The zero-order valence-electron chi connectivity index (χ0n) is 12.9. The van der Waals surface area contributed by atoms with Crippen molar-refractivity contribution in [3.8, 4) is 0 Å². The first-order valence-electron chi connectivity index (χ1n) is 7.49. The van der Waals surface area contributed by atoms with Crippen molar-refractivity contribution in [1.29, 1.82) is 0 Å². The second-order valence-corrected chi connectivity index (χ2v) is 6.33. The highest BCUT2D eigenvalue weighted by molar-refractivity contribution is 6.31. The van der Waals surface area contributed by atoms with Crippen LogP contribution in [0.3, 0.4) is 0 Å². The third-order valence-electron chi connectivity index (χ3n) is 4.09. The van der Waals surface area contributed by atoms with E-state index in [1.54, 1.807) is 6.07 Å². The van der Waals surface area contributed by atoms with Gasteiger partial charge in [0, 0.05) is 16.3 Å². The first-order valence-corrected chi connectivity index (χ1v) is 7.87. The van der Waals surface area contributed by atoms with Crippen molar-refractivity contribution >= 4 is 35.6 Å². The van der Waals surface area contributed by atoms with Crippen LogP contribution in [0.1, 0.15) is 45.9 Å². The summed E-state index contributed by atoms with van der Waals surface area (Å²) < 4.78 is 0. The van der Waals surface area contributed by atoms with Gasteiger partial charge in [-0.1, -0.05) is 17.7 Å². The minimum atomic E-state index is -0.0831. The largest absolute Gasteiger partial charge is 0.399 e. The van der Waals surface area contributed by atoms with E-state index < -0.39 is 0 Å². The summed E-state index contributed by atoms with van der Waals surface area (Å²) >= 11 is 6.04. The Balaban J connectivity index is 0.00000192. The van der Waals surface area contributed by atoms with Crippen LogP contribution in [0.25, 0.3) is 0 Å². The third-order valence-corrected chi connectivity index (χ3v) is 4.31. The molecular weight excluding hydrogens is 331 g/mol. The van der Waals surface area contributed by atoms with Gasteiger partial charge in [0.25, 0.3) is 5.91 Å². The number of amides is 1. The van der Waals surface area contributed by atoms with E-state index in [0.29, 0.717) is 10.6 Å². The monoisotopic (exact) mass is 350 g/mol. The Morgan fingerprint density at radius 2 is 2.04 bits per heavy atom. The number of nitrogen functional groups attached to an aromatic ring is 1. The molecule has 1 amide bonds. The molecule has 1 aliphatic rings. The van der Waals surface area contributed by atoms with Gasteiger partial charge in [0.05, 0.1) is 6.04 Å². The van der Waals surface area contributed by atoms with E-state index in [2.05, 4.69) is 5.32 Å². The van der Waals surface area contributed by atoms with E-state index >= 15 is 0 Å². The Kier molecular flexibility index (Phi) is 5.55. The van der Waals surface area contributed by atoms with E-state index in [0.717, 1.165) is 30.5 Å². The molecule has 0 aliphatic heterocycles. The Labute approximate surface area is 147 Å². The van der Waals surface area contributed by atoms with Gasteiger partial charge in [0.1, 0.15) is 0 Å². The number of hydrogen-bond donors (Lipinski definition) is 2. The number of carbonyl (C=O) groups excluding carboxylic acids is 1. The number of benzene rings is 2. The van der Waals surface area contributed by atoms with Crippen LogP contribution in [0.2, 0.25) is 5.02 Å². The molecule has 0 aromatic heterocycles. The smallest absolute Gasteiger partial charge is 0.251 e. The second kappa shape index (κ2) is 7.24. The maximum absolute atomic E-state index is 12.5. The summed E-state index contributed by atoms with van der Waals surface area (Å²) in [7, 11) is 0. The number of anilines is 1. The highest BCUT2D eigenvalue weighted by atomic mass is 35.5. The van der Waals surface area contributed by atoms with Gasteiger partial charge in [-0.2, -0.15) is 0 Å². The molecule has 5 heteroatoms. The standard InChI is InChI=1S/C18H19ClN2O.ClH/c1-11-7-13(9-14(19)8-11)18(22)21-17-4-2-3-12-10-15(20)5-6-16(12)17;/h5-10,17H,2-4,20H2,1H3,(H,21,22);1H. The molecule has 2 aromatic rings. The summed E-state index contributed by atoms with van der Waals surface area (Å²) in [6, 6.07) is 11.4. The lowest BCUT2D eigenvalue weighted by molar-refractivity contribution is 0.0932. The van der Waals surface area contributed by atoms with Crippen molar-refractivity contribution < 1.29 is 4.79 Å². The molecule has 1 aliphatic carbocycles. The van der Waals surface area contributed by atoms with Crippen molar-refractivity contribution in [2.45, 2.75) is 32.2 Å². The van der Waals surface area contributed by atoms with Gasteiger partial charge in [-0.05, 0) is 73.2 Å². The fourth-order valence-electron chi connectivity index (χ4n) is 3.09. The fourth-order valence-corrected chi connectivity index (χ4v) is 3.38.